The van der Waals surface area contributed by atoms with Crippen LogP contribution in [0.1, 0.15) is 15.9 Å². The molecule has 22 heavy (non-hydrogen) atoms. The van der Waals surface area contributed by atoms with Crippen molar-refractivity contribution in [2.24, 2.45) is 0 Å². The minimum absolute atomic E-state index is 0.141. The van der Waals surface area contributed by atoms with Gasteiger partial charge in [0.2, 0.25) is 0 Å². The Bertz CT molecular complexity index is 721. The fourth-order valence-corrected chi connectivity index (χ4v) is 3.03. The van der Waals surface area contributed by atoms with Gasteiger partial charge in [0, 0.05) is 21.8 Å². The number of nitrogens with one attached hydrogen (secondary N) is 1. The molecule has 1 aromatic carbocycles. The number of nitrogens with zero attached hydrogens (tertiary/aromatic N) is 3. The summed E-state index contributed by atoms with van der Waals surface area (Å²) in [6, 6.07) is 5.29. The predicted octanol–water partition coefficient (Wildman–Crippen LogP) is 3.53. The molecule has 1 amide bonds. The SMILES string of the molecule is CSc1ncc2c(n1)NCN(Cc1c(Cl)cccc1Cl)C2=O. The summed E-state index contributed by atoms with van der Waals surface area (Å²) >= 11 is 13.8. The number of fused-ring (bicyclic) bond motifs is 1. The fraction of sp³-hybridized carbons (Fsp3) is 0.214. The van der Waals surface area contributed by atoms with Crippen LogP contribution >= 0.6 is 35.0 Å². The van der Waals surface area contributed by atoms with Crippen LogP contribution in [0.3, 0.4) is 0 Å². The molecule has 3 rings (SSSR count). The van der Waals surface area contributed by atoms with Crippen LogP contribution in [0.15, 0.2) is 29.6 Å². The molecule has 0 spiro atoms. The van der Waals surface area contributed by atoms with Gasteiger partial charge < -0.3 is 10.2 Å². The van der Waals surface area contributed by atoms with Gasteiger partial charge in [0.05, 0.1) is 13.2 Å². The second-order valence-electron chi connectivity index (χ2n) is 4.66. The van der Waals surface area contributed by atoms with E-state index in [0.29, 0.717) is 39.8 Å². The molecule has 0 saturated heterocycles. The second kappa shape index (κ2) is 6.32. The van der Waals surface area contributed by atoms with Gasteiger partial charge in [-0.1, -0.05) is 41.0 Å². The van der Waals surface area contributed by atoms with Crippen LogP contribution in [0, 0.1) is 0 Å². The number of benzene rings is 1. The number of amides is 1. The van der Waals surface area contributed by atoms with Gasteiger partial charge in [-0.3, -0.25) is 4.79 Å². The molecular formula is C14H12Cl2N4OS. The Balaban J connectivity index is 1.87. The standard InChI is InChI=1S/C14H12Cl2N4OS/c1-22-14-17-5-8-12(19-14)18-7-20(13(8)21)6-9-10(15)3-2-4-11(9)16/h2-5H,6-7H2,1H3,(H,17,18,19). The largest absolute Gasteiger partial charge is 0.352 e. The van der Waals surface area contributed by atoms with E-state index in [1.807, 2.05) is 6.26 Å². The van der Waals surface area contributed by atoms with Crippen molar-refractivity contribution in [2.75, 3.05) is 18.2 Å². The van der Waals surface area contributed by atoms with Crippen molar-refractivity contribution < 1.29 is 4.79 Å². The number of aromatic nitrogens is 2. The van der Waals surface area contributed by atoms with Gasteiger partial charge in [0.15, 0.2) is 5.16 Å². The van der Waals surface area contributed by atoms with Crippen molar-refractivity contribution in [1.29, 1.82) is 0 Å². The van der Waals surface area contributed by atoms with Gasteiger partial charge in [-0.25, -0.2) is 9.97 Å². The molecular weight excluding hydrogens is 343 g/mol. The van der Waals surface area contributed by atoms with Crippen molar-refractivity contribution in [1.82, 2.24) is 14.9 Å². The topological polar surface area (TPSA) is 58.1 Å². The molecule has 0 atom stereocenters. The second-order valence-corrected chi connectivity index (χ2v) is 6.24. The Kier molecular flexibility index (Phi) is 4.42. The zero-order valence-electron chi connectivity index (χ0n) is 11.6. The van der Waals surface area contributed by atoms with E-state index in [4.69, 9.17) is 23.2 Å². The summed E-state index contributed by atoms with van der Waals surface area (Å²) in [6.45, 7) is 0.673. The predicted molar refractivity (Wildman–Crippen MR) is 88.6 cm³/mol. The fourth-order valence-electron chi connectivity index (χ4n) is 2.17. The normalized spacial score (nSPS) is 13.8. The zero-order valence-corrected chi connectivity index (χ0v) is 14.0. The molecule has 2 aromatic rings. The lowest BCUT2D eigenvalue weighted by Crippen LogP contribution is -2.40. The minimum atomic E-state index is -0.141. The summed E-state index contributed by atoms with van der Waals surface area (Å²) in [5.41, 5.74) is 1.18. The molecule has 1 N–H and O–H groups in total. The number of carbonyl (C=O) groups is 1. The first-order chi connectivity index (χ1) is 10.6. The monoisotopic (exact) mass is 354 g/mol. The first-order valence-corrected chi connectivity index (χ1v) is 8.45. The maximum absolute atomic E-state index is 12.6. The summed E-state index contributed by atoms with van der Waals surface area (Å²) in [5.74, 6) is 0.420. The Morgan fingerprint density at radius 1 is 1.36 bits per heavy atom. The lowest BCUT2D eigenvalue weighted by Gasteiger charge is -2.29. The average Bonchev–Trinajstić information content (AvgIpc) is 2.52. The summed E-state index contributed by atoms with van der Waals surface area (Å²) in [7, 11) is 0. The molecule has 1 aromatic heterocycles. The van der Waals surface area contributed by atoms with Crippen LogP contribution in [-0.2, 0) is 6.54 Å². The summed E-state index contributed by atoms with van der Waals surface area (Å²) in [5, 5.41) is 4.84. The molecule has 2 heterocycles. The zero-order chi connectivity index (χ0) is 15.7. The maximum atomic E-state index is 12.6. The Labute approximate surface area is 142 Å². The van der Waals surface area contributed by atoms with Crippen LogP contribution in [0.5, 0.6) is 0 Å². The van der Waals surface area contributed by atoms with Crippen molar-refractivity contribution in [3.05, 3.63) is 45.6 Å². The molecule has 5 nitrogen and oxygen atoms in total. The van der Waals surface area contributed by atoms with E-state index >= 15 is 0 Å². The molecule has 0 bridgehead atoms. The highest BCUT2D eigenvalue weighted by Crippen LogP contribution is 2.28. The van der Waals surface area contributed by atoms with Gasteiger partial charge in [-0.15, -0.1) is 0 Å². The molecule has 0 saturated carbocycles. The van der Waals surface area contributed by atoms with E-state index < -0.39 is 0 Å². The Hall–Kier alpha value is -1.50. The highest BCUT2D eigenvalue weighted by molar-refractivity contribution is 7.98. The van der Waals surface area contributed by atoms with Crippen molar-refractivity contribution in [3.8, 4) is 0 Å². The average molecular weight is 355 g/mol. The maximum Gasteiger partial charge on any atom is 0.260 e. The van der Waals surface area contributed by atoms with Gasteiger partial charge in [0.25, 0.3) is 5.91 Å². The lowest BCUT2D eigenvalue weighted by molar-refractivity contribution is 0.0744. The number of hydrogen-bond donors (Lipinski definition) is 1. The molecule has 1 aliphatic heterocycles. The summed E-state index contributed by atoms with van der Waals surface area (Å²) < 4.78 is 0. The van der Waals surface area contributed by atoms with Crippen LogP contribution in [-0.4, -0.2) is 33.7 Å². The third kappa shape index (κ3) is 2.86. The van der Waals surface area contributed by atoms with E-state index in [0.717, 1.165) is 5.56 Å². The first kappa shape index (κ1) is 15.4. The Morgan fingerprint density at radius 2 is 2.09 bits per heavy atom. The van der Waals surface area contributed by atoms with Crippen LogP contribution in [0.4, 0.5) is 5.82 Å². The van der Waals surface area contributed by atoms with Crippen LogP contribution in [0.2, 0.25) is 10.0 Å². The molecule has 0 radical (unpaired) electrons. The quantitative estimate of drug-likeness (QED) is 0.674. The van der Waals surface area contributed by atoms with Gasteiger partial charge >= 0.3 is 0 Å². The minimum Gasteiger partial charge on any atom is -0.352 e. The molecule has 0 unspecified atom stereocenters. The number of hydrogen-bond acceptors (Lipinski definition) is 5. The van der Waals surface area contributed by atoms with Crippen molar-refractivity contribution >= 4 is 46.7 Å². The molecule has 0 fully saturated rings. The number of anilines is 1. The van der Waals surface area contributed by atoms with Gasteiger partial charge in [-0.2, -0.15) is 0 Å². The van der Waals surface area contributed by atoms with E-state index in [1.54, 1.807) is 29.3 Å². The van der Waals surface area contributed by atoms with Crippen LogP contribution < -0.4 is 5.32 Å². The summed E-state index contributed by atoms with van der Waals surface area (Å²) in [4.78, 5) is 22.6. The molecule has 8 heteroatoms. The van der Waals surface area contributed by atoms with Gasteiger partial charge in [0.1, 0.15) is 11.4 Å². The third-order valence-corrected chi connectivity index (χ3v) is 4.58. The highest BCUT2D eigenvalue weighted by atomic mass is 35.5. The molecule has 1 aliphatic rings. The highest BCUT2D eigenvalue weighted by Gasteiger charge is 2.27. The Morgan fingerprint density at radius 3 is 2.77 bits per heavy atom. The number of carbonyl (C=O) groups excluding carboxylic acids is 1. The lowest BCUT2D eigenvalue weighted by atomic mass is 10.1. The number of thioether (sulfide) groups is 1. The first-order valence-electron chi connectivity index (χ1n) is 6.47. The van der Waals surface area contributed by atoms with Crippen molar-refractivity contribution in [3.63, 3.8) is 0 Å². The van der Waals surface area contributed by atoms with E-state index in [-0.39, 0.29) is 5.91 Å². The van der Waals surface area contributed by atoms with Crippen molar-refractivity contribution in [2.45, 2.75) is 11.7 Å². The summed E-state index contributed by atoms with van der Waals surface area (Å²) in [6.07, 6.45) is 3.43. The van der Waals surface area contributed by atoms with E-state index in [1.165, 1.54) is 11.8 Å². The number of rotatable bonds is 3. The molecule has 0 aliphatic carbocycles. The van der Waals surface area contributed by atoms with Gasteiger partial charge in [-0.05, 0) is 18.4 Å². The van der Waals surface area contributed by atoms with Crippen LogP contribution in [0.25, 0.3) is 0 Å². The van der Waals surface area contributed by atoms with E-state index in [9.17, 15) is 4.79 Å². The smallest absolute Gasteiger partial charge is 0.260 e. The number of halogens is 2. The van der Waals surface area contributed by atoms with E-state index in [2.05, 4.69) is 15.3 Å². The third-order valence-electron chi connectivity index (χ3n) is 3.31. The molecule has 114 valence electrons.